The molecule has 0 bridgehead atoms. The minimum atomic E-state index is -0.902. The van der Waals surface area contributed by atoms with Crippen LogP contribution in [-0.4, -0.2) is 49.5 Å². The zero-order chi connectivity index (χ0) is 11.4. The molecule has 0 fully saturated rings. The molecule has 0 N–H and O–H groups in total. The molecule has 0 unspecified atom stereocenters. The van der Waals surface area contributed by atoms with Crippen LogP contribution in [0.1, 0.15) is 26.7 Å². The quantitative estimate of drug-likeness (QED) is 0.323. The fourth-order valence-electron chi connectivity index (χ4n) is 1.31. The highest BCUT2D eigenvalue weighted by molar-refractivity contribution is 6.58. The Bertz CT molecular complexity index is 124. The van der Waals surface area contributed by atoms with E-state index in [1.807, 2.05) is 0 Å². The van der Waals surface area contributed by atoms with Gasteiger partial charge >= 0.3 is 0 Å². The molecule has 0 heterocycles. The van der Waals surface area contributed by atoms with Gasteiger partial charge in [0.05, 0.1) is 0 Å². The smallest absolute Gasteiger partial charge is 0.286 e. The topological polar surface area (TPSA) is 36.9 Å². The second-order valence-corrected chi connectivity index (χ2v) is 13.4. The van der Waals surface area contributed by atoms with Crippen LogP contribution in [0.3, 0.4) is 0 Å². The molecule has 15 heavy (non-hydrogen) atoms. The van der Waals surface area contributed by atoms with Crippen molar-refractivity contribution < 1.29 is 16.5 Å². The van der Waals surface area contributed by atoms with Crippen LogP contribution in [0.25, 0.3) is 0 Å². The van der Waals surface area contributed by atoms with E-state index in [1.54, 1.807) is 0 Å². The molecule has 92 valence electrons. The van der Waals surface area contributed by atoms with Gasteiger partial charge < -0.3 is 16.5 Å². The van der Waals surface area contributed by atoms with Gasteiger partial charge in [-0.2, -0.15) is 0 Å². The molecule has 0 saturated heterocycles. The van der Waals surface area contributed by atoms with Crippen molar-refractivity contribution in [1.82, 2.24) is 0 Å². The van der Waals surface area contributed by atoms with Crippen molar-refractivity contribution in [3.05, 3.63) is 0 Å². The molecule has 0 amide bonds. The molecule has 0 aliphatic carbocycles. The lowest BCUT2D eigenvalue weighted by molar-refractivity contribution is 0.402. The second kappa shape index (κ2) is 13.0. The average Bonchev–Trinajstić information content (AvgIpc) is 2.24. The predicted octanol–water partition coefficient (Wildman–Crippen LogP) is -2.13. The summed E-state index contributed by atoms with van der Waals surface area (Å²) >= 11 is 0. The standard InChI is InChI=1S/C6H24O4Si5/c1-3-5-15(6-4-2)10-14-9-13-8-12-7-11/h15H,3-6,12-14H2,1-2,11H3. The summed E-state index contributed by atoms with van der Waals surface area (Å²) in [4.78, 5) is 0. The van der Waals surface area contributed by atoms with Crippen LogP contribution < -0.4 is 0 Å². The van der Waals surface area contributed by atoms with Crippen molar-refractivity contribution in [2.75, 3.05) is 0 Å². The maximum atomic E-state index is 5.90. The van der Waals surface area contributed by atoms with Crippen LogP contribution >= 0.6 is 0 Å². The van der Waals surface area contributed by atoms with E-state index >= 15 is 0 Å². The molecule has 0 aromatic heterocycles. The minimum absolute atomic E-state index is 0.668. The van der Waals surface area contributed by atoms with Gasteiger partial charge in [0.1, 0.15) is 10.5 Å². The molecule has 0 radical (unpaired) electrons. The lowest BCUT2D eigenvalue weighted by Crippen LogP contribution is -2.23. The van der Waals surface area contributed by atoms with Gasteiger partial charge in [-0.15, -0.1) is 0 Å². The molecule has 0 saturated carbocycles. The molecule has 0 aliphatic rings. The third kappa shape index (κ3) is 11.2. The van der Waals surface area contributed by atoms with E-state index in [2.05, 4.69) is 13.8 Å². The second-order valence-electron chi connectivity index (χ2n) is 3.42. The molecule has 0 aromatic carbocycles. The van der Waals surface area contributed by atoms with Crippen LogP contribution in [0.2, 0.25) is 12.1 Å². The Kier molecular flexibility index (Phi) is 13.8. The lowest BCUT2D eigenvalue weighted by atomic mass is 10.6. The summed E-state index contributed by atoms with van der Waals surface area (Å²) in [5, 5.41) is 0. The van der Waals surface area contributed by atoms with E-state index < -0.39 is 39.1 Å². The molecular formula is C6H24O4Si5. The van der Waals surface area contributed by atoms with Crippen LogP contribution in [0.4, 0.5) is 0 Å². The molecule has 4 nitrogen and oxygen atoms in total. The Hall–Kier alpha value is 0.924. The van der Waals surface area contributed by atoms with Gasteiger partial charge in [0.15, 0.2) is 9.04 Å². The highest BCUT2D eigenvalue weighted by Crippen LogP contribution is 2.06. The van der Waals surface area contributed by atoms with Crippen molar-refractivity contribution in [2.45, 2.75) is 38.8 Å². The largest absolute Gasteiger partial charge is 0.449 e. The molecule has 0 spiro atoms. The number of rotatable bonds is 11. The molecule has 0 aromatic rings. The Morgan fingerprint density at radius 3 is 2.13 bits per heavy atom. The molecule has 9 heteroatoms. The zero-order valence-electron chi connectivity index (χ0n) is 10.2. The highest BCUT2D eigenvalue weighted by Gasteiger charge is 2.08. The van der Waals surface area contributed by atoms with Crippen LogP contribution in [-0.2, 0) is 16.5 Å². The monoisotopic (exact) mass is 300 g/mol. The first-order valence-electron chi connectivity index (χ1n) is 5.61. The summed E-state index contributed by atoms with van der Waals surface area (Å²) in [7, 11) is -2.25. The van der Waals surface area contributed by atoms with E-state index in [0.717, 1.165) is 10.5 Å². The maximum absolute atomic E-state index is 5.90. The fourth-order valence-corrected chi connectivity index (χ4v) is 10.5. The van der Waals surface area contributed by atoms with Gasteiger partial charge in [-0.05, 0) is 12.1 Å². The maximum Gasteiger partial charge on any atom is 0.286 e. The molecular weight excluding hydrogens is 276 g/mol. The summed E-state index contributed by atoms with van der Waals surface area (Å²) in [6.07, 6.45) is 2.50. The van der Waals surface area contributed by atoms with E-state index in [0.29, 0.717) is 0 Å². The van der Waals surface area contributed by atoms with Gasteiger partial charge in [0.2, 0.25) is 0 Å². The van der Waals surface area contributed by atoms with E-state index in [9.17, 15) is 0 Å². The fraction of sp³-hybridized carbons (Fsp3) is 1.00. The van der Waals surface area contributed by atoms with Crippen LogP contribution in [0.15, 0.2) is 0 Å². The zero-order valence-corrected chi connectivity index (χ0v) is 17.6. The highest BCUT2D eigenvalue weighted by atomic mass is 28.4. The molecule has 0 rings (SSSR count). The van der Waals surface area contributed by atoms with Crippen molar-refractivity contribution >= 4 is 49.5 Å². The van der Waals surface area contributed by atoms with Gasteiger partial charge in [-0.1, -0.05) is 26.7 Å². The van der Waals surface area contributed by atoms with Gasteiger partial charge in [-0.25, -0.2) is 0 Å². The molecule has 0 atom stereocenters. The third-order valence-corrected chi connectivity index (χ3v) is 10.5. The third-order valence-electron chi connectivity index (χ3n) is 1.98. The van der Waals surface area contributed by atoms with E-state index in [-0.39, 0.29) is 0 Å². The summed E-state index contributed by atoms with van der Waals surface area (Å²) < 4.78 is 21.8. The first-order valence-corrected chi connectivity index (χ1v) is 12.0. The van der Waals surface area contributed by atoms with Crippen LogP contribution in [0.5, 0.6) is 0 Å². The van der Waals surface area contributed by atoms with Crippen LogP contribution in [0, 0.1) is 0 Å². The Labute approximate surface area is 105 Å². The van der Waals surface area contributed by atoms with E-state index in [4.69, 9.17) is 16.5 Å². The number of hydrogen-bond acceptors (Lipinski definition) is 4. The van der Waals surface area contributed by atoms with Gasteiger partial charge in [0.25, 0.3) is 30.0 Å². The van der Waals surface area contributed by atoms with Crippen molar-refractivity contribution in [1.29, 1.82) is 0 Å². The first-order chi connectivity index (χ1) is 7.35. The summed E-state index contributed by atoms with van der Waals surface area (Å²) in [5.74, 6) is 0. The summed E-state index contributed by atoms with van der Waals surface area (Å²) in [6, 6.07) is 2.59. The summed E-state index contributed by atoms with van der Waals surface area (Å²) in [6.45, 7) is 4.46. The first kappa shape index (κ1) is 15.9. The minimum Gasteiger partial charge on any atom is -0.449 e. The normalized spacial score (nSPS) is 13.8. The Morgan fingerprint density at radius 2 is 1.60 bits per heavy atom. The SMILES string of the molecule is CCC[SiH](CCC)O[SiH2]O[SiH2]O[SiH2]O[SiH3]. The molecule has 0 aliphatic heterocycles. The Balaban J connectivity index is 3.28. The number of hydrogen-bond donors (Lipinski definition) is 0. The van der Waals surface area contributed by atoms with Crippen molar-refractivity contribution in [2.24, 2.45) is 0 Å². The van der Waals surface area contributed by atoms with Crippen molar-refractivity contribution in [3.63, 3.8) is 0 Å². The Morgan fingerprint density at radius 1 is 1.00 bits per heavy atom. The van der Waals surface area contributed by atoms with Gasteiger partial charge in [-0.3, -0.25) is 0 Å². The lowest BCUT2D eigenvalue weighted by Gasteiger charge is -2.15. The predicted molar refractivity (Wildman–Crippen MR) is 77.3 cm³/mol. The van der Waals surface area contributed by atoms with Gasteiger partial charge in [0, 0.05) is 0 Å². The average molecular weight is 301 g/mol. The van der Waals surface area contributed by atoms with E-state index in [1.165, 1.54) is 24.9 Å². The van der Waals surface area contributed by atoms with Crippen molar-refractivity contribution in [3.8, 4) is 0 Å². The summed E-state index contributed by atoms with van der Waals surface area (Å²) in [5.41, 5.74) is 0.